The van der Waals surface area contributed by atoms with Gasteiger partial charge in [-0.2, -0.15) is 0 Å². The van der Waals surface area contributed by atoms with Crippen LogP contribution >= 0.6 is 11.3 Å². The van der Waals surface area contributed by atoms with Crippen molar-refractivity contribution < 1.29 is 9.53 Å². The summed E-state index contributed by atoms with van der Waals surface area (Å²) in [6.45, 7) is 4.33. The Morgan fingerprint density at radius 1 is 1.59 bits per heavy atom. The Labute approximate surface area is 106 Å². The Balaban J connectivity index is 1.89. The number of hydrogen-bond donors (Lipinski definition) is 1. The lowest BCUT2D eigenvalue weighted by molar-refractivity contribution is -0.122. The fraction of sp³-hybridized carbons (Fsp3) is 0.615. The molecule has 2 unspecified atom stereocenters. The Kier molecular flexibility index (Phi) is 4.71. The van der Waals surface area contributed by atoms with Crippen molar-refractivity contribution >= 4 is 17.1 Å². The van der Waals surface area contributed by atoms with Crippen molar-refractivity contribution in [3.63, 3.8) is 0 Å². The van der Waals surface area contributed by atoms with E-state index in [1.54, 1.807) is 11.3 Å². The van der Waals surface area contributed by atoms with E-state index < -0.39 is 0 Å². The molecule has 1 aliphatic rings. The van der Waals surface area contributed by atoms with Crippen LogP contribution in [0.4, 0.5) is 0 Å². The van der Waals surface area contributed by atoms with Crippen LogP contribution < -0.4 is 5.32 Å². The number of Topliss-reactive ketones (excluding diaryl/α,β-unsaturated/α-hetero) is 1. The van der Waals surface area contributed by atoms with E-state index in [0.717, 1.165) is 17.8 Å². The maximum Gasteiger partial charge on any atom is 0.145 e. The highest BCUT2D eigenvalue weighted by Gasteiger charge is 2.33. The highest BCUT2D eigenvalue weighted by molar-refractivity contribution is 7.10. The van der Waals surface area contributed by atoms with Crippen molar-refractivity contribution in [1.82, 2.24) is 5.32 Å². The molecular weight excluding hydrogens is 234 g/mol. The van der Waals surface area contributed by atoms with Gasteiger partial charge in [-0.1, -0.05) is 13.0 Å². The average Bonchev–Trinajstić information content (AvgIpc) is 2.96. The molecule has 0 radical (unpaired) electrons. The number of hydrogen-bond acceptors (Lipinski definition) is 4. The van der Waals surface area contributed by atoms with Crippen LogP contribution in [-0.4, -0.2) is 31.6 Å². The van der Waals surface area contributed by atoms with Gasteiger partial charge in [0.15, 0.2) is 0 Å². The van der Waals surface area contributed by atoms with Crippen LogP contribution in [0, 0.1) is 5.92 Å². The molecule has 0 spiro atoms. The molecule has 1 N–H and O–H groups in total. The zero-order chi connectivity index (χ0) is 12.1. The van der Waals surface area contributed by atoms with Crippen LogP contribution in [-0.2, 0) is 16.0 Å². The molecule has 0 amide bonds. The third-order valence-electron chi connectivity index (χ3n) is 3.08. The number of carbonyl (C=O) groups excluding carboxylic acids is 1. The zero-order valence-corrected chi connectivity index (χ0v) is 11.0. The summed E-state index contributed by atoms with van der Waals surface area (Å²) in [6, 6.07) is 4.22. The fourth-order valence-electron chi connectivity index (χ4n) is 2.12. The van der Waals surface area contributed by atoms with Gasteiger partial charge in [-0.3, -0.25) is 4.79 Å². The van der Waals surface area contributed by atoms with Crippen LogP contribution in [0.3, 0.4) is 0 Å². The maximum atomic E-state index is 12.2. The lowest BCUT2D eigenvalue weighted by atomic mass is 9.96. The predicted molar refractivity (Wildman–Crippen MR) is 69.4 cm³/mol. The number of ether oxygens (including phenoxy) is 1. The molecule has 94 valence electrons. The Morgan fingerprint density at radius 3 is 3.18 bits per heavy atom. The number of ketones is 1. The van der Waals surface area contributed by atoms with Crippen molar-refractivity contribution in [2.75, 3.05) is 19.8 Å². The van der Waals surface area contributed by atoms with E-state index >= 15 is 0 Å². The van der Waals surface area contributed by atoms with Crippen LogP contribution in [0.2, 0.25) is 0 Å². The first-order valence-corrected chi connectivity index (χ1v) is 7.05. The molecule has 17 heavy (non-hydrogen) atoms. The molecule has 2 rings (SSSR count). The van der Waals surface area contributed by atoms with Crippen molar-refractivity contribution in [2.45, 2.75) is 25.8 Å². The fourth-order valence-corrected chi connectivity index (χ4v) is 2.83. The largest absolute Gasteiger partial charge is 0.379 e. The molecule has 0 bridgehead atoms. The van der Waals surface area contributed by atoms with Crippen molar-refractivity contribution in [1.29, 1.82) is 0 Å². The second kappa shape index (κ2) is 6.28. The molecule has 0 saturated carbocycles. The molecule has 1 aliphatic heterocycles. The second-order valence-corrected chi connectivity index (χ2v) is 5.46. The zero-order valence-electron chi connectivity index (χ0n) is 10.1. The summed E-state index contributed by atoms with van der Waals surface area (Å²) < 4.78 is 5.43. The van der Waals surface area contributed by atoms with E-state index in [2.05, 4.69) is 12.2 Å². The summed E-state index contributed by atoms with van der Waals surface area (Å²) in [5.41, 5.74) is 0. The van der Waals surface area contributed by atoms with Crippen LogP contribution in [0.15, 0.2) is 17.5 Å². The number of nitrogens with one attached hydrogen (secondary N) is 1. The molecule has 1 aromatic heterocycles. The maximum absolute atomic E-state index is 12.2. The van der Waals surface area contributed by atoms with Crippen molar-refractivity contribution in [3.05, 3.63) is 22.4 Å². The van der Waals surface area contributed by atoms with Crippen molar-refractivity contribution in [2.24, 2.45) is 5.92 Å². The van der Waals surface area contributed by atoms with E-state index in [4.69, 9.17) is 4.74 Å². The normalized spacial score (nSPS) is 24.1. The van der Waals surface area contributed by atoms with E-state index in [9.17, 15) is 4.79 Å². The second-order valence-electron chi connectivity index (χ2n) is 4.43. The number of rotatable bonds is 6. The topological polar surface area (TPSA) is 38.3 Å². The number of thiophene rings is 1. The van der Waals surface area contributed by atoms with E-state index in [1.165, 1.54) is 0 Å². The van der Waals surface area contributed by atoms with E-state index in [1.807, 2.05) is 17.5 Å². The number of carbonyl (C=O) groups is 1. The summed E-state index contributed by atoms with van der Waals surface area (Å²) in [4.78, 5) is 13.3. The van der Waals surface area contributed by atoms with Gasteiger partial charge < -0.3 is 10.1 Å². The molecule has 1 fully saturated rings. The third-order valence-corrected chi connectivity index (χ3v) is 3.96. The first kappa shape index (κ1) is 12.7. The molecule has 0 aromatic carbocycles. The first-order chi connectivity index (χ1) is 8.31. The van der Waals surface area contributed by atoms with Gasteiger partial charge in [-0.15, -0.1) is 11.3 Å². The molecule has 4 heteroatoms. The minimum Gasteiger partial charge on any atom is -0.379 e. The lowest BCUT2D eigenvalue weighted by Gasteiger charge is -2.17. The van der Waals surface area contributed by atoms with Gasteiger partial charge in [0.25, 0.3) is 0 Å². The van der Waals surface area contributed by atoms with E-state index in [-0.39, 0.29) is 12.0 Å². The summed E-state index contributed by atoms with van der Waals surface area (Å²) in [5.74, 6) is 0.335. The van der Waals surface area contributed by atoms with Gasteiger partial charge in [0, 0.05) is 17.3 Å². The van der Waals surface area contributed by atoms with Crippen LogP contribution in [0.5, 0.6) is 0 Å². The van der Waals surface area contributed by atoms with Crippen molar-refractivity contribution in [3.8, 4) is 0 Å². The molecule has 0 aliphatic carbocycles. The quantitative estimate of drug-likeness (QED) is 0.841. The Hall–Kier alpha value is -0.710. The van der Waals surface area contributed by atoms with Gasteiger partial charge in [-0.25, -0.2) is 0 Å². The highest BCUT2D eigenvalue weighted by atomic mass is 32.1. The Bertz CT molecular complexity index is 350. The Morgan fingerprint density at radius 2 is 2.47 bits per heavy atom. The summed E-state index contributed by atoms with van der Waals surface area (Å²) in [5, 5.41) is 5.41. The van der Waals surface area contributed by atoms with Gasteiger partial charge in [0.1, 0.15) is 5.78 Å². The summed E-state index contributed by atoms with van der Waals surface area (Å²) in [6.07, 6.45) is 1.64. The third kappa shape index (κ3) is 3.37. The van der Waals surface area contributed by atoms with Crippen LogP contribution in [0.25, 0.3) is 0 Å². The smallest absolute Gasteiger partial charge is 0.145 e. The van der Waals surface area contributed by atoms with Gasteiger partial charge in [-0.05, 0) is 24.4 Å². The monoisotopic (exact) mass is 253 g/mol. The average molecular weight is 253 g/mol. The van der Waals surface area contributed by atoms with Gasteiger partial charge in [0.05, 0.1) is 19.1 Å². The first-order valence-electron chi connectivity index (χ1n) is 6.17. The molecule has 1 aromatic rings. The molecule has 2 atom stereocenters. The molecular formula is C13H19NO2S. The summed E-state index contributed by atoms with van der Waals surface area (Å²) in [7, 11) is 0. The van der Waals surface area contributed by atoms with E-state index in [0.29, 0.717) is 25.4 Å². The highest BCUT2D eigenvalue weighted by Crippen LogP contribution is 2.19. The molecule has 1 saturated heterocycles. The summed E-state index contributed by atoms with van der Waals surface area (Å²) >= 11 is 1.65. The van der Waals surface area contributed by atoms with Crippen LogP contribution in [0.1, 0.15) is 18.2 Å². The minimum atomic E-state index is 0.0312. The predicted octanol–water partition coefficient (Wildman–Crippen LogP) is 1.87. The minimum absolute atomic E-state index is 0.0312. The SMILES string of the molecule is CCCNC1COCC1C(=O)Cc1cccs1. The standard InChI is InChI=1S/C13H19NO2S/c1-2-5-14-12-9-16-8-11(12)13(15)7-10-4-3-6-17-10/h3-4,6,11-12,14H,2,5,7-9H2,1H3. The molecule has 2 heterocycles. The van der Waals surface area contributed by atoms with Gasteiger partial charge in [0.2, 0.25) is 0 Å². The lowest BCUT2D eigenvalue weighted by Crippen LogP contribution is -2.40. The van der Waals surface area contributed by atoms with Gasteiger partial charge >= 0.3 is 0 Å². The molecule has 3 nitrogen and oxygen atoms in total.